The predicted molar refractivity (Wildman–Crippen MR) is 113 cm³/mol. The van der Waals surface area contributed by atoms with Crippen LogP contribution < -0.4 is 5.32 Å². The number of anilines is 2. The Balaban J connectivity index is 1.73. The molecular formula is C20H22FN5O4S. The Bertz CT molecular complexity index is 1220. The van der Waals surface area contributed by atoms with Gasteiger partial charge in [0.25, 0.3) is 5.91 Å². The number of ether oxygens (including phenoxy) is 1. The standard InChI is InChI=1S/C20H22FN5O4S/c1-31(28,29)13-26-18-11-17(20(27)25-6-3-8-30-9-7-25)22-12-16(18)19(24-26)23-15-5-2-4-14(21)10-15/h2,4-5,10-12H,3,6-9,13H2,1H3,(H,23,24). The second kappa shape index (κ2) is 8.60. The molecule has 0 aliphatic carbocycles. The van der Waals surface area contributed by atoms with Gasteiger partial charge in [0.05, 0.1) is 17.5 Å². The maximum Gasteiger partial charge on any atom is 0.272 e. The van der Waals surface area contributed by atoms with Crippen molar-refractivity contribution < 1.29 is 22.3 Å². The van der Waals surface area contributed by atoms with Gasteiger partial charge in [-0.1, -0.05) is 6.07 Å². The summed E-state index contributed by atoms with van der Waals surface area (Å²) < 4.78 is 44.1. The number of hydrogen-bond donors (Lipinski definition) is 1. The summed E-state index contributed by atoms with van der Waals surface area (Å²) in [7, 11) is -3.41. The Morgan fingerprint density at radius 1 is 1.26 bits per heavy atom. The van der Waals surface area contributed by atoms with Gasteiger partial charge in [0.2, 0.25) is 0 Å². The van der Waals surface area contributed by atoms with Crippen molar-refractivity contribution in [1.82, 2.24) is 19.7 Å². The van der Waals surface area contributed by atoms with E-state index in [1.54, 1.807) is 23.1 Å². The van der Waals surface area contributed by atoms with Crippen LogP contribution in [0.2, 0.25) is 0 Å². The van der Waals surface area contributed by atoms with Gasteiger partial charge in [-0.05, 0) is 30.7 Å². The lowest BCUT2D eigenvalue weighted by Crippen LogP contribution is -2.33. The summed E-state index contributed by atoms with van der Waals surface area (Å²) in [5.74, 6) is -0.723. The Morgan fingerprint density at radius 2 is 2.10 bits per heavy atom. The maximum absolute atomic E-state index is 13.6. The highest BCUT2D eigenvalue weighted by atomic mass is 32.2. The molecule has 3 heterocycles. The molecule has 31 heavy (non-hydrogen) atoms. The molecule has 1 amide bonds. The van der Waals surface area contributed by atoms with Crippen molar-refractivity contribution in [3.8, 4) is 0 Å². The number of pyridine rings is 1. The van der Waals surface area contributed by atoms with Crippen LogP contribution in [-0.2, 0) is 20.5 Å². The summed E-state index contributed by atoms with van der Waals surface area (Å²) in [4.78, 5) is 18.9. The maximum atomic E-state index is 13.6. The third-order valence-corrected chi connectivity index (χ3v) is 5.52. The average Bonchev–Trinajstić information content (AvgIpc) is 2.89. The number of nitrogens with one attached hydrogen (secondary N) is 1. The van der Waals surface area contributed by atoms with E-state index >= 15 is 0 Å². The van der Waals surface area contributed by atoms with E-state index in [1.807, 2.05) is 0 Å². The first-order chi connectivity index (χ1) is 14.8. The number of aromatic nitrogens is 3. The van der Waals surface area contributed by atoms with Crippen LogP contribution in [0.15, 0.2) is 36.5 Å². The lowest BCUT2D eigenvalue weighted by atomic mass is 10.2. The zero-order valence-corrected chi connectivity index (χ0v) is 17.7. The van der Waals surface area contributed by atoms with Crippen LogP contribution in [0.4, 0.5) is 15.9 Å². The van der Waals surface area contributed by atoms with Crippen LogP contribution >= 0.6 is 0 Å². The molecule has 1 aromatic carbocycles. The molecule has 0 atom stereocenters. The molecule has 4 rings (SSSR count). The molecule has 0 spiro atoms. The molecule has 1 saturated heterocycles. The second-order valence-electron chi connectivity index (χ2n) is 7.38. The van der Waals surface area contributed by atoms with Crippen molar-refractivity contribution in [3.63, 3.8) is 0 Å². The minimum atomic E-state index is -3.41. The molecular weight excluding hydrogens is 425 g/mol. The summed E-state index contributed by atoms with van der Waals surface area (Å²) in [6.45, 7) is 2.09. The average molecular weight is 447 g/mol. The van der Waals surface area contributed by atoms with E-state index in [1.165, 1.54) is 23.0 Å². The van der Waals surface area contributed by atoms with E-state index in [-0.39, 0.29) is 17.5 Å². The van der Waals surface area contributed by atoms with Crippen LogP contribution in [-0.4, -0.2) is 66.5 Å². The van der Waals surface area contributed by atoms with Gasteiger partial charge in [0, 0.05) is 37.8 Å². The number of fused-ring (bicyclic) bond motifs is 1. The molecule has 0 saturated carbocycles. The lowest BCUT2D eigenvalue weighted by molar-refractivity contribution is 0.0735. The van der Waals surface area contributed by atoms with Crippen LogP contribution in [0.25, 0.3) is 10.9 Å². The van der Waals surface area contributed by atoms with Gasteiger partial charge in [-0.25, -0.2) is 17.5 Å². The Morgan fingerprint density at radius 3 is 2.87 bits per heavy atom. The molecule has 9 nitrogen and oxygen atoms in total. The van der Waals surface area contributed by atoms with E-state index in [2.05, 4.69) is 15.4 Å². The number of hydrogen-bond acceptors (Lipinski definition) is 7. The number of rotatable bonds is 5. The van der Waals surface area contributed by atoms with E-state index < -0.39 is 15.7 Å². The highest BCUT2D eigenvalue weighted by molar-refractivity contribution is 7.89. The minimum absolute atomic E-state index is 0.196. The quantitative estimate of drug-likeness (QED) is 0.639. The first-order valence-corrected chi connectivity index (χ1v) is 11.8. The van der Waals surface area contributed by atoms with Crippen molar-refractivity contribution in [3.05, 3.63) is 48.0 Å². The highest BCUT2D eigenvalue weighted by Gasteiger charge is 2.22. The van der Waals surface area contributed by atoms with E-state index in [9.17, 15) is 17.6 Å². The molecule has 2 aromatic heterocycles. The van der Waals surface area contributed by atoms with Gasteiger partial charge in [0.1, 0.15) is 17.4 Å². The van der Waals surface area contributed by atoms with Gasteiger partial charge in [-0.15, -0.1) is 0 Å². The van der Waals surface area contributed by atoms with Crippen LogP contribution in [0.3, 0.4) is 0 Å². The topological polar surface area (TPSA) is 106 Å². The summed E-state index contributed by atoms with van der Waals surface area (Å²) in [5.41, 5.74) is 1.09. The molecule has 1 aliphatic rings. The van der Waals surface area contributed by atoms with Gasteiger partial charge >= 0.3 is 0 Å². The van der Waals surface area contributed by atoms with Crippen molar-refractivity contribution in [2.24, 2.45) is 0 Å². The molecule has 3 aromatic rings. The van der Waals surface area contributed by atoms with Gasteiger partial charge in [-0.2, -0.15) is 5.10 Å². The number of amides is 1. The smallest absolute Gasteiger partial charge is 0.272 e. The first kappa shape index (κ1) is 21.2. The van der Waals surface area contributed by atoms with E-state index in [0.717, 1.165) is 12.7 Å². The third kappa shape index (κ3) is 5.00. The fraction of sp³-hybridized carbons (Fsp3) is 0.350. The third-order valence-electron chi connectivity index (χ3n) is 4.81. The number of sulfone groups is 1. The fourth-order valence-corrected chi connectivity index (χ4v) is 4.05. The summed E-state index contributed by atoms with van der Waals surface area (Å²) in [5, 5.41) is 7.86. The SMILES string of the molecule is CS(=O)(=O)Cn1nc(Nc2cccc(F)c2)c2cnc(C(=O)N3CCCOCC3)cc21. The molecule has 164 valence electrons. The minimum Gasteiger partial charge on any atom is -0.380 e. The van der Waals surface area contributed by atoms with Crippen molar-refractivity contribution in [2.45, 2.75) is 12.3 Å². The number of halogens is 1. The molecule has 11 heteroatoms. The second-order valence-corrected chi connectivity index (χ2v) is 9.49. The van der Waals surface area contributed by atoms with Gasteiger partial charge < -0.3 is 15.0 Å². The highest BCUT2D eigenvalue weighted by Crippen LogP contribution is 2.27. The van der Waals surface area contributed by atoms with Crippen LogP contribution in [0.1, 0.15) is 16.9 Å². The fourth-order valence-electron chi connectivity index (χ4n) is 3.41. The summed E-state index contributed by atoms with van der Waals surface area (Å²) >= 11 is 0. The molecule has 0 bridgehead atoms. The molecule has 0 unspecified atom stereocenters. The zero-order valence-electron chi connectivity index (χ0n) is 16.9. The van der Waals surface area contributed by atoms with Gasteiger partial charge in [-0.3, -0.25) is 9.78 Å². The monoisotopic (exact) mass is 447 g/mol. The molecule has 1 N–H and O–H groups in total. The Hall–Kier alpha value is -3.05. The van der Waals surface area contributed by atoms with E-state index in [0.29, 0.717) is 48.7 Å². The number of benzene rings is 1. The number of carbonyl (C=O) groups is 1. The van der Waals surface area contributed by atoms with Crippen molar-refractivity contribution in [2.75, 3.05) is 37.9 Å². The predicted octanol–water partition coefficient (Wildman–Crippen LogP) is 2.18. The summed E-state index contributed by atoms with van der Waals surface area (Å²) in [6, 6.07) is 7.37. The van der Waals surface area contributed by atoms with E-state index in [4.69, 9.17) is 4.74 Å². The van der Waals surface area contributed by atoms with Crippen LogP contribution in [0, 0.1) is 5.82 Å². The number of carbonyl (C=O) groups excluding carboxylic acids is 1. The lowest BCUT2D eigenvalue weighted by Gasteiger charge is -2.19. The van der Waals surface area contributed by atoms with Gasteiger partial charge in [0.15, 0.2) is 15.7 Å². The number of nitrogens with zero attached hydrogens (tertiary/aromatic N) is 4. The zero-order chi connectivity index (χ0) is 22.0. The van der Waals surface area contributed by atoms with Crippen molar-refractivity contribution >= 4 is 38.2 Å². The molecule has 0 radical (unpaired) electrons. The molecule has 1 fully saturated rings. The largest absolute Gasteiger partial charge is 0.380 e. The Kier molecular flexibility index (Phi) is 5.88. The Labute approximate surface area is 178 Å². The normalized spacial score (nSPS) is 15.1. The first-order valence-electron chi connectivity index (χ1n) is 9.74. The summed E-state index contributed by atoms with van der Waals surface area (Å²) in [6.07, 6.45) is 3.32. The molecule has 1 aliphatic heterocycles. The van der Waals surface area contributed by atoms with Crippen LogP contribution in [0.5, 0.6) is 0 Å². The van der Waals surface area contributed by atoms with Crippen molar-refractivity contribution in [1.29, 1.82) is 0 Å².